The largest absolute Gasteiger partial charge is 0.444 e. The summed E-state index contributed by atoms with van der Waals surface area (Å²) < 4.78 is 19.0. The molecule has 1 aromatic carbocycles. The zero-order chi connectivity index (χ0) is 22.4. The van der Waals surface area contributed by atoms with Crippen LogP contribution >= 0.6 is 24.0 Å². The van der Waals surface area contributed by atoms with Gasteiger partial charge in [-0.2, -0.15) is 0 Å². The summed E-state index contributed by atoms with van der Waals surface area (Å²) in [6.07, 6.45) is 4.33. The number of amides is 1. The number of hydrogen-bond acceptors (Lipinski definition) is 3. The number of ether oxygens (including phenoxy) is 1. The third-order valence-electron chi connectivity index (χ3n) is 5.46. The zero-order valence-corrected chi connectivity index (χ0v) is 21.7. The van der Waals surface area contributed by atoms with Crippen LogP contribution in [0, 0.1) is 11.7 Å². The van der Waals surface area contributed by atoms with E-state index in [1.165, 1.54) is 6.07 Å². The molecule has 3 N–H and O–H groups in total. The predicted octanol–water partition coefficient (Wildman–Crippen LogP) is 4.28. The van der Waals surface area contributed by atoms with Crippen LogP contribution in [-0.2, 0) is 11.2 Å². The van der Waals surface area contributed by atoms with Crippen molar-refractivity contribution in [1.82, 2.24) is 20.5 Å². The second-order valence-electron chi connectivity index (χ2n) is 9.04. The number of H-pyrrole nitrogens is 1. The molecule has 1 aromatic heterocycles. The number of carbonyl (C=O) groups is 1. The van der Waals surface area contributed by atoms with Gasteiger partial charge in [0.25, 0.3) is 0 Å². The van der Waals surface area contributed by atoms with Gasteiger partial charge in [-0.15, -0.1) is 24.0 Å². The van der Waals surface area contributed by atoms with E-state index in [0.717, 1.165) is 48.2 Å². The van der Waals surface area contributed by atoms with Crippen LogP contribution in [0.5, 0.6) is 0 Å². The molecule has 0 saturated carbocycles. The summed E-state index contributed by atoms with van der Waals surface area (Å²) in [7, 11) is 1.75. The van der Waals surface area contributed by atoms with Gasteiger partial charge in [0.1, 0.15) is 11.4 Å². The molecule has 0 atom stereocenters. The first-order chi connectivity index (χ1) is 14.7. The summed E-state index contributed by atoms with van der Waals surface area (Å²) >= 11 is 0. The SMILES string of the molecule is CN=C(NCCc1c[nH]c2ccc(F)cc12)NCC1CCN(C(=O)OC(C)(C)C)CC1.I. The Labute approximate surface area is 206 Å². The summed E-state index contributed by atoms with van der Waals surface area (Å²) in [5, 5.41) is 7.63. The first kappa shape index (κ1) is 26.2. The maximum Gasteiger partial charge on any atom is 0.410 e. The van der Waals surface area contributed by atoms with Gasteiger partial charge in [-0.25, -0.2) is 9.18 Å². The number of guanidine groups is 1. The summed E-state index contributed by atoms with van der Waals surface area (Å²) in [6, 6.07) is 4.79. The van der Waals surface area contributed by atoms with E-state index in [1.54, 1.807) is 24.1 Å². The van der Waals surface area contributed by atoms with Crippen LogP contribution in [0.3, 0.4) is 0 Å². The maximum atomic E-state index is 13.5. The van der Waals surface area contributed by atoms with E-state index in [9.17, 15) is 9.18 Å². The quantitative estimate of drug-likeness (QED) is 0.290. The standard InChI is InChI=1S/C23H34FN5O2.HI/c1-23(2,3)31-22(30)29-11-8-16(9-12-29)14-28-21(25-4)26-10-7-17-15-27-20-6-5-18(24)13-19(17)20;/h5-6,13,15-16,27H,7-12,14H2,1-4H3,(H2,25,26,28);1H. The first-order valence-corrected chi connectivity index (χ1v) is 10.9. The number of carbonyl (C=O) groups excluding carboxylic acids is 1. The smallest absolute Gasteiger partial charge is 0.410 e. The average molecular weight is 559 g/mol. The fourth-order valence-corrected chi connectivity index (χ4v) is 3.78. The van der Waals surface area contributed by atoms with Crippen molar-refractivity contribution in [3.63, 3.8) is 0 Å². The molecule has 178 valence electrons. The number of fused-ring (bicyclic) bond motifs is 1. The summed E-state index contributed by atoms with van der Waals surface area (Å²) in [5.41, 5.74) is 1.55. The highest BCUT2D eigenvalue weighted by atomic mass is 127. The Balaban J connectivity index is 0.00000363. The molecule has 3 rings (SSSR count). The monoisotopic (exact) mass is 559 g/mol. The number of aromatic nitrogens is 1. The van der Waals surface area contributed by atoms with Crippen molar-refractivity contribution < 1.29 is 13.9 Å². The Hall–Kier alpha value is -2.04. The first-order valence-electron chi connectivity index (χ1n) is 10.9. The molecular formula is C23H35FIN5O2. The van der Waals surface area contributed by atoms with E-state index >= 15 is 0 Å². The lowest BCUT2D eigenvalue weighted by molar-refractivity contribution is 0.0185. The van der Waals surface area contributed by atoms with Gasteiger partial charge in [0, 0.05) is 50.3 Å². The van der Waals surface area contributed by atoms with Crippen molar-refractivity contribution in [2.75, 3.05) is 33.2 Å². The van der Waals surface area contributed by atoms with Gasteiger partial charge < -0.3 is 25.3 Å². The van der Waals surface area contributed by atoms with E-state index in [-0.39, 0.29) is 35.9 Å². The van der Waals surface area contributed by atoms with Crippen molar-refractivity contribution in [1.29, 1.82) is 0 Å². The third kappa shape index (κ3) is 7.53. The summed E-state index contributed by atoms with van der Waals surface area (Å²) in [5.74, 6) is 1.01. The number of likely N-dealkylation sites (tertiary alicyclic amines) is 1. The molecule has 2 aromatic rings. The molecule has 2 heterocycles. The number of nitrogens with zero attached hydrogens (tertiary/aromatic N) is 2. The van der Waals surface area contributed by atoms with Crippen molar-refractivity contribution in [3.05, 3.63) is 35.8 Å². The van der Waals surface area contributed by atoms with E-state index in [1.807, 2.05) is 27.0 Å². The molecule has 1 fully saturated rings. The van der Waals surface area contributed by atoms with Crippen molar-refractivity contribution in [2.45, 2.75) is 45.6 Å². The fourth-order valence-electron chi connectivity index (χ4n) is 3.78. The molecule has 1 aliphatic heterocycles. The number of halogens is 2. The van der Waals surface area contributed by atoms with Gasteiger partial charge in [-0.1, -0.05) is 0 Å². The molecule has 1 amide bonds. The Bertz CT molecular complexity index is 917. The number of nitrogens with one attached hydrogen (secondary N) is 3. The molecule has 1 aliphatic rings. The summed E-state index contributed by atoms with van der Waals surface area (Å²) in [6.45, 7) is 8.58. The number of aliphatic imine (C=N–C) groups is 1. The van der Waals surface area contributed by atoms with E-state index in [2.05, 4.69) is 20.6 Å². The molecule has 0 bridgehead atoms. The number of hydrogen-bond donors (Lipinski definition) is 3. The fraction of sp³-hybridized carbons (Fsp3) is 0.565. The lowest BCUT2D eigenvalue weighted by Crippen LogP contribution is -2.45. The highest BCUT2D eigenvalue weighted by Gasteiger charge is 2.26. The average Bonchev–Trinajstić information content (AvgIpc) is 3.11. The van der Waals surface area contributed by atoms with E-state index in [4.69, 9.17) is 4.74 Å². The molecule has 9 heteroatoms. The van der Waals surface area contributed by atoms with Crippen LogP contribution in [0.4, 0.5) is 9.18 Å². The topological polar surface area (TPSA) is 81.8 Å². The van der Waals surface area contributed by atoms with Crippen LogP contribution in [0.1, 0.15) is 39.2 Å². The molecule has 0 radical (unpaired) electrons. The molecule has 0 unspecified atom stereocenters. The van der Waals surface area contributed by atoms with Gasteiger partial charge in [-0.05, 0) is 69.7 Å². The minimum atomic E-state index is -0.464. The summed E-state index contributed by atoms with van der Waals surface area (Å²) in [4.78, 5) is 21.5. The van der Waals surface area contributed by atoms with Crippen LogP contribution in [-0.4, -0.2) is 60.8 Å². The van der Waals surface area contributed by atoms with Crippen LogP contribution < -0.4 is 10.6 Å². The number of benzene rings is 1. The van der Waals surface area contributed by atoms with Crippen molar-refractivity contribution >= 4 is 46.9 Å². The van der Waals surface area contributed by atoms with Crippen LogP contribution in [0.25, 0.3) is 10.9 Å². The van der Waals surface area contributed by atoms with Crippen molar-refractivity contribution in [3.8, 4) is 0 Å². The van der Waals surface area contributed by atoms with Gasteiger partial charge in [0.2, 0.25) is 0 Å². The Morgan fingerprint density at radius 1 is 1.28 bits per heavy atom. The van der Waals surface area contributed by atoms with Gasteiger partial charge >= 0.3 is 6.09 Å². The van der Waals surface area contributed by atoms with Crippen LogP contribution in [0.15, 0.2) is 29.4 Å². The van der Waals surface area contributed by atoms with Gasteiger partial charge in [0.05, 0.1) is 0 Å². The molecule has 0 aliphatic carbocycles. The number of rotatable bonds is 5. The molecule has 1 saturated heterocycles. The van der Waals surface area contributed by atoms with Gasteiger partial charge in [-0.3, -0.25) is 4.99 Å². The molecular weight excluding hydrogens is 524 g/mol. The second kappa shape index (κ2) is 11.7. The third-order valence-corrected chi connectivity index (χ3v) is 5.46. The maximum absolute atomic E-state index is 13.5. The lowest BCUT2D eigenvalue weighted by atomic mass is 9.97. The highest BCUT2D eigenvalue weighted by Crippen LogP contribution is 2.20. The highest BCUT2D eigenvalue weighted by molar-refractivity contribution is 14.0. The molecule has 7 nitrogen and oxygen atoms in total. The van der Waals surface area contributed by atoms with Gasteiger partial charge in [0.15, 0.2) is 5.96 Å². The molecule has 0 spiro atoms. The Kier molecular flexibility index (Phi) is 9.60. The molecule has 32 heavy (non-hydrogen) atoms. The van der Waals surface area contributed by atoms with Crippen LogP contribution in [0.2, 0.25) is 0 Å². The van der Waals surface area contributed by atoms with E-state index < -0.39 is 5.60 Å². The second-order valence-corrected chi connectivity index (χ2v) is 9.04. The minimum absolute atomic E-state index is 0. The van der Waals surface area contributed by atoms with Crippen molar-refractivity contribution in [2.24, 2.45) is 10.9 Å². The number of aromatic amines is 1. The number of piperidine rings is 1. The predicted molar refractivity (Wildman–Crippen MR) is 137 cm³/mol. The van der Waals surface area contributed by atoms with E-state index in [0.29, 0.717) is 25.6 Å². The lowest BCUT2D eigenvalue weighted by Gasteiger charge is -2.33. The Morgan fingerprint density at radius 3 is 2.66 bits per heavy atom. The normalized spacial score (nSPS) is 15.4. The zero-order valence-electron chi connectivity index (χ0n) is 19.3. The minimum Gasteiger partial charge on any atom is -0.444 e. The Morgan fingerprint density at radius 2 is 2.00 bits per heavy atom.